The predicted octanol–water partition coefficient (Wildman–Crippen LogP) is 2.73. The fourth-order valence-corrected chi connectivity index (χ4v) is 2.94. The lowest BCUT2D eigenvalue weighted by Gasteiger charge is -2.13. The molecule has 0 radical (unpaired) electrons. The second-order valence-electron chi connectivity index (χ2n) is 5.97. The van der Waals surface area contributed by atoms with Crippen molar-refractivity contribution in [1.29, 1.82) is 5.26 Å². The van der Waals surface area contributed by atoms with E-state index in [-0.39, 0.29) is 16.5 Å². The van der Waals surface area contributed by atoms with Crippen LogP contribution in [0.15, 0.2) is 30.3 Å². The Hall–Kier alpha value is -3.50. The van der Waals surface area contributed by atoms with Gasteiger partial charge < -0.3 is 24.4 Å². The van der Waals surface area contributed by atoms with Crippen LogP contribution in [-0.2, 0) is 4.79 Å². The first-order valence-corrected chi connectivity index (χ1v) is 8.57. The van der Waals surface area contributed by atoms with Crippen molar-refractivity contribution in [2.75, 3.05) is 13.7 Å². The number of carbonyl (C=O) groups excluding carboxylic acids is 1. The van der Waals surface area contributed by atoms with Gasteiger partial charge in [0.25, 0.3) is 0 Å². The molecule has 0 aliphatic rings. The summed E-state index contributed by atoms with van der Waals surface area (Å²) in [6.45, 7) is 1.31. The summed E-state index contributed by atoms with van der Waals surface area (Å²) in [5.74, 6) is -0.634. The number of aromatic nitrogens is 2. The third-order valence-electron chi connectivity index (χ3n) is 3.91. The van der Waals surface area contributed by atoms with E-state index in [0.717, 1.165) is 16.6 Å². The zero-order valence-electron chi connectivity index (χ0n) is 15.1. The van der Waals surface area contributed by atoms with Crippen LogP contribution in [0.1, 0.15) is 17.0 Å². The highest BCUT2D eigenvalue weighted by atomic mass is 35.5. The first-order valence-electron chi connectivity index (χ1n) is 8.20. The van der Waals surface area contributed by atoms with Gasteiger partial charge >= 0.3 is 0 Å². The number of nitrogens with one attached hydrogen (secondary N) is 1. The topological polar surface area (TPSA) is 111 Å². The van der Waals surface area contributed by atoms with Gasteiger partial charge in [-0.3, -0.25) is 0 Å². The van der Waals surface area contributed by atoms with Crippen molar-refractivity contribution in [2.45, 2.75) is 6.92 Å². The van der Waals surface area contributed by atoms with Gasteiger partial charge in [0.1, 0.15) is 18.5 Å². The number of nitrogens with zero attached hydrogens (tertiary/aromatic N) is 2. The highest BCUT2D eigenvalue weighted by Crippen LogP contribution is 2.37. The molecule has 2 aromatic carbocycles. The van der Waals surface area contributed by atoms with Gasteiger partial charge in [0.05, 0.1) is 34.7 Å². The van der Waals surface area contributed by atoms with Gasteiger partial charge in [-0.05, 0) is 48.4 Å². The number of aryl methyl sites for hydroxylation is 1. The molecule has 1 heterocycles. The second-order valence-corrected chi connectivity index (χ2v) is 6.38. The number of allylic oxidation sites excluding steroid dienone is 1. The number of methoxy groups -OCH3 is 1. The quantitative estimate of drug-likeness (QED) is 0.641. The van der Waals surface area contributed by atoms with Crippen molar-refractivity contribution in [3.05, 3.63) is 52.3 Å². The number of carboxylic acid groups (broad SMARTS) is 1. The Balaban J connectivity index is 2.00. The minimum atomic E-state index is -1.38. The Kier molecular flexibility index (Phi) is 5.52. The standard InChI is InChI=1S/C20H16ClN3O4/c1-11-3-4-15-16(5-11)24-20(23-15)13(9-22)6-12-7-14(21)19(17(8-12)27-2)28-10-18(25)26/h3-8H,10H2,1-2H3,(H,23,24)(H,25,26)/p-1/b13-6-. The molecule has 0 saturated heterocycles. The van der Waals surface area contributed by atoms with Crippen molar-refractivity contribution < 1.29 is 19.4 Å². The average Bonchev–Trinajstić information content (AvgIpc) is 3.07. The van der Waals surface area contributed by atoms with Crippen LogP contribution in [0.4, 0.5) is 0 Å². The van der Waals surface area contributed by atoms with Crippen molar-refractivity contribution in [2.24, 2.45) is 0 Å². The summed E-state index contributed by atoms with van der Waals surface area (Å²) in [5, 5.41) is 20.3. The summed E-state index contributed by atoms with van der Waals surface area (Å²) >= 11 is 6.20. The highest BCUT2D eigenvalue weighted by Gasteiger charge is 2.14. The molecule has 142 valence electrons. The molecular weight excluding hydrogens is 382 g/mol. The molecule has 1 aromatic heterocycles. The van der Waals surface area contributed by atoms with Crippen LogP contribution in [0.3, 0.4) is 0 Å². The summed E-state index contributed by atoms with van der Waals surface area (Å²) in [6.07, 6.45) is 1.60. The number of hydrogen-bond acceptors (Lipinski definition) is 6. The minimum Gasteiger partial charge on any atom is -0.546 e. The predicted molar refractivity (Wildman–Crippen MR) is 103 cm³/mol. The maximum absolute atomic E-state index is 10.6. The Morgan fingerprint density at radius 1 is 1.39 bits per heavy atom. The van der Waals surface area contributed by atoms with Gasteiger partial charge in [-0.15, -0.1) is 0 Å². The molecule has 0 amide bonds. The average molecular weight is 397 g/mol. The van der Waals surface area contributed by atoms with Crippen LogP contribution in [0.5, 0.6) is 11.5 Å². The van der Waals surface area contributed by atoms with E-state index in [4.69, 9.17) is 21.1 Å². The first kappa shape index (κ1) is 19.3. The Labute approximate surface area is 165 Å². The molecule has 28 heavy (non-hydrogen) atoms. The van der Waals surface area contributed by atoms with E-state index in [2.05, 4.69) is 16.0 Å². The number of benzene rings is 2. The molecule has 3 rings (SSSR count). The molecule has 7 nitrogen and oxygen atoms in total. The molecule has 0 spiro atoms. The zero-order chi connectivity index (χ0) is 20.3. The maximum atomic E-state index is 10.6. The van der Waals surface area contributed by atoms with Crippen molar-refractivity contribution >= 4 is 40.3 Å². The fourth-order valence-electron chi connectivity index (χ4n) is 2.67. The van der Waals surface area contributed by atoms with E-state index in [9.17, 15) is 15.2 Å². The molecule has 1 N–H and O–H groups in total. The first-order chi connectivity index (χ1) is 13.4. The minimum absolute atomic E-state index is 0.0863. The smallest absolute Gasteiger partial charge is 0.180 e. The largest absolute Gasteiger partial charge is 0.546 e. The number of ether oxygens (including phenoxy) is 2. The number of carboxylic acids is 1. The van der Waals surface area contributed by atoms with Crippen molar-refractivity contribution in [3.8, 4) is 17.6 Å². The van der Waals surface area contributed by atoms with Crippen molar-refractivity contribution in [3.63, 3.8) is 0 Å². The Morgan fingerprint density at radius 2 is 2.18 bits per heavy atom. The van der Waals surface area contributed by atoms with Gasteiger partial charge in [-0.2, -0.15) is 5.26 Å². The van der Waals surface area contributed by atoms with Crippen molar-refractivity contribution in [1.82, 2.24) is 9.97 Å². The van der Waals surface area contributed by atoms with E-state index in [1.54, 1.807) is 18.2 Å². The number of imidazole rings is 1. The van der Waals surface area contributed by atoms with Crippen LogP contribution >= 0.6 is 11.6 Å². The number of rotatable bonds is 6. The number of nitriles is 1. The molecule has 0 atom stereocenters. The second kappa shape index (κ2) is 8.03. The molecule has 0 unspecified atom stereocenters. The highest BCUT2D eigenvalue weighted by molar-refractivity contribution is 6.32. The van der Waals surface area contributed by atoms with Crippen LogP contribution in [0.25, 0.3) is 22.7 Å². The summed E-state index contributed by atoms with van der Waals surface area (Å²) in [4.78, 5) is 18.2. The molecule has 0 aliphatic carbocycles. The van der Waals surface area contributed by atoms with Gasteiger partial charge in [0.2, 0.25) is 0 Å². The molecular formula is C20H15ClN3O4-. The molecule has 0 bridgehead atoms. The zero-order valence-corrected chi connectivity index (χ0v) is 15.8. The Bertz CT molecular complexity index is 1130. The lowest BCUT2D eigenvalue weighted by atomic mass is 10.1. The maximum Gasteiger partial charge on any atom is 0.180 e. The third kappa shape index (κ3) is 4.08. The third-order valence-corrected chi connectivity index (χ3v) is 4.19. The molecule has 0 aliphatic heterocycles. The van der Waals surface area contributed by atoms with Gasteiger partial charge in [-0.1, -0.05) is 17.7 Å². The summed E-state index contributed by atoms with van der Waals surface area (Å²) < 4.78 is 10.3. The summed E-state index contributed by atoms with van der Waals surface area (Å²) in [6, 6.07) is 11.0. The van der Waals surface area contributed by atoms with Gasteiger partial charge in [0.15, 0.2) is 11.5 Å². The number of carbonyl (C=O) groups is 1. The number of hydrogen-bond donors (Lipinski definition) is 1. The summed E-state index contributed by atoms with van der Waals surface area (Å²) in [5.41, 5.74) is 3.53. The van der Waals surface area contributed by atoms with E-state index >= 15 is 0 Å². The van der Waals surface area contributed by atoms with Gasteiger partial charge in [-0.25, -0.2) is 4.98 Å². The van der Waals surface area contributed by atoms with E-state index < -0.39 is 12.6 Å². The monoisotopic (exact) mass is 396 g/mol. The van der Waals surface area contributed by atoms with Gasteiger partial charge in [0, 0.05) is 0 Å². The molecule has 8 heteroatoms. The normalized spacial score (nSPS) is 11.3. The SMILES string of the molecule is COc1cc(/C=C(/C#N)c2nc3ccc(C)cc3[nH]2)cc(Cl)c1OCC(=O)[O-]. The number of aromatic amines is 1. The number of aliphatic carboxylic acids is 1. The lowest BCUT2D eigenvalue weighted by Crippen LogP contribution is -2.29. The van der Waals surface area contributed by atoms with E-state index in [0.29, 0.717) is 17.0 Å². The van der Waals surface area contributed by atoms with E-state index in [1.807, 2.05) is 25.1 Å². The summed E-state index contributed by atoms with van der Waals surface area (Å²) in [7, 11) is 1.40. The number of halogens is 1. The molecule has 0 fully saturated rings. The van der Waals surface area contributed by atoms with Crippen LogP contribution in [0.2, 0.25) is 5.02 Å². The van der Waals surface area contributed by atoms with Crippen LogP contribution in [0, 0.1) is 18.3 Å². The fraction of sp³-hybridized carbons (Fsp3) is 0.150. The van der Waals surface area contributed by atoms with Crippen LogP contribution < -0.4 is 14.6 Å². The Morgan fingerprint density at radius 3 is 2.86 bits per heavy atom. The van der Waals surface area contributed by atoms with E-state index in [1.165, 1.54) is 7.11 Å². The lowest BCUT2D eigenvalue weighted by molar-refractivity contribution is -0.307. The van der Waals surface area contributed by atoms with Crippen LogP contribution in [-0.4, -0.2) is 29.7 Å². The molecule has 3 aromatic rings. The number of H-pyrrole nitrogens is 1. The number of fused-ring (bicyclic) bond motifs is 1. The molecule has 0 saturated carbocycles.